The zero-order valence-electron chi connectivity index (χ0n) is 20.6. The van der Waals surface area contributed by atoms with E-state index in [0.717, 1.165) is 24.2 Å². The van der Waals surface area contributed by atoms with Gasteiger partial charge in [0.05, 0.1) is 18.1 Å². The fourth-order valence-corrected chi connectivity index (χ4v) is 4.22. The lowest BCUT2D eigenvalue weighted by atomic mass is 10.1. The van der Waals surface area contributed by atoms with E-state index in [9.17, 15) is 4.79 Å². The van der Waals surface area contributed by atoms with Gasteiger partial charge in [-0.05, 0) is 31.0 Å². The molecule has 0 saturated heterocycles. The molecule has 1 aromatic carbocycles. The van der Waals surface area contributed by atoms with E-state index in [4.69, 9.17) is 16.3 Å². The monoisotopic (exact) mass is 473 g/mol. The third-order valence-corrected chi connectivity index (χ3v) is 6.25. The number of benzene rings is 1. The lowest BCUT2D eigenvalue weighted by Gasteiger charge is -2.10. The molecule has 0 aliphatic rings. The summed E-state index contributed by atoms with van der Waals surface area (Å²) in [7, 11) is 0. The molecular formula is C28H42ClN2O2+. The van der Waals surface area contributed by atoms with E-state index in [1.54, 1.807) is 0 Å². The van der Waals surface area contributed by atoms with Crippen LogP contribution in [0.1, 0.15) is 89.3 Å². The smallest absolute Gasteiger partial charge is 0.224 e. The average Bonchev–Trinajstić information content (AvgIpc) is 2.82. The molecular weight excluding hydrogens is 432 g/mol. The van der Waals surface area contributed by atoms with Gasteiger partial charge < -0.3 is 10.1 Å². The van der Waals surface area contributed by atoms with Crippen molar-refractivity contribution in [3.05, 3.63) is 58.9 Å². The quantitative estimate of drug-likeness (QED) is 0.202. The lowest BCUT2D eigenvalue weighted by molar-refractivity contribution is -0.701. The largest absolute Gasteiger partial charge is 0.492 e. The number of hydrogen-bond acceptors (Lipinski definition) is 2. The number of rotatable bonds is 17. The predicted octanol–water partition coefficient (Wildman–Crippen LogP) is 6.81. The number of carbonyl (C=O) groups excluding carboxylic acids is 1. The molecule has 0 aliphatic heterocycles. The standard InChI is InChI=1S/C28H41ClN2O2/c1-3-5-6-7-8-9-10-11-12-15-20-33-27-18-17-24(21-26(27)29)22-28(32)30-23-25-16-13-14-19-31(25)4-2/h13-14,16-19,21H,3-12,15,20,22-23H2,1-2H3/p+1. The number of unbranched alkanes of at least 4 members (excludes halogenated alkanes) is 9. The zero-order valence-corrected chi connectivity index (χ0v) is 21.3. The van der Waals surface area contributed by atoms with Gasteiger partial charge in [0.2, 0.25) is 11.6 Å². The maximum absolute atomic E-state index is 12.4. The van der Waals surface area contributed by atoms with Gasteiger partial charge in [-0.1, -0.05) is 88.4 Å². The Morgan fingerprint density at radius 3 is 2.30 bits per heavy atom. The highest BCUT2D eigenvalue weighted by molar-refractivity contribution is 6.32. The first-order valence-corrected chi connectivity index (χ1v) is 13.2. The molecule has 2 rings (SSSR count). The summed E-state index contributed by atoms with van der Waals surface area (Å²) in [5, 5.41) is 3.57. The summed E-state index contributed by atoms with van der Waals surface area (Å²) in [5.74, 6) is 0.682. The maximum atomic E-state index is 12.4. The molecule has 1 N–H and O–H groups in total. The summed E-state index contributed by atoms with van der Waals surface area (Å²) in [4.78, 5) is 12.4. The van der Waals surface area contributed by atoms with Crippen LogP contribution in [-0.2, 0) is 24.3 Å². The van der Waals surface area contributed by atoms with Crippen LogP contribution in [-0.4, -0.2) is 12.5 Å². The van der Waals surface area contributed by atoms with Crippen LogP contribution in [0.5, 0.6) is 5.75 Å². The molecule has 2 aromatic rings. The molecule has 4 nitrogen and oxygen atoms in total. The summed E-state index contributed by atoms with van der Waals surface area (Å²) in [6.07, 6.45) is 15.4. The number of halogens is 1. The van der Waals surface area contributed by atoms with Crippen molar-refractivity contribution >= 4 is 17.5 Å². The number of aryl methyl sites for hydroxylation is 1. The molecule has 0 bridgehead atoms. The number of nitrogens with zero attached hydrogens (tertiary/aromatic N) is 1. The summed E-state index contributed by atoms with van der Waals surface area (Å²) in [5.41, 5.74) is 1.97. The highest BCUT2D eigenvalue weighted by atomic mass is 35.5. The molecule has 0 aliphatic carbocycles. The Hall–Kier alpha value is -2.07. The number of ether oxygens (including phenoxy) is 1. The summed E-state index contributed by atoms with van der Waals surface area (Å²) >= 11 is 6.40. The van der Waals surface area contributed by atoms with Crippen molar-refractivity contribution in [2.24, 2.45) is 0 Å². The Bertz CT molecular complexity index is 825. The molecule has 0 atom stereocenters. The number of pyridine rings is 1. The fraction of sp³-hybridized carbons (Fsp3) is 0.571. The van der Waals surface area contributed by atoms with Gasteiger partial charge in [0.15, 0.2) is 6.20 Å². The Morgan fingerprint density at radius 1 is 0.939 bits per heavy atom. The first-order valence-electron chi connectivity index (χ1n) is 12.8. The van der Waals surface area contributed by atoms with Crippen LogP contribution in [0.4, 0.5) is 0 Å². The van der Waals surface area contributed by atoms with Crippen molar-refractivity contribution < 1.29 is 14.1 Å². The molecule has 0 unspecified atom stereocenters. The first kappa shape index (κ1) is 27.2. The first-order chi connectivity index (χ1) is 16.1. The number of nitrogens with one attached hydrogen (secondary N) is 1. The van der Waals surface area contributed by atoms with Crippen molar-refractivity contribution in [2.75, 3.05) is 6.61 Å². The van der Waals surface area contributed by atoms with Crippen LogP contribution in [0.25, 0.3) is 0 Å². The van der Waals surface area contributed by atoms with Gasteiger partial charge in [0.25, 0.3) is 0 Å². The second-order valence-corrected chi connectivity index (χ2v) is 9.13. The molecule has 0 saturated carbocycles. The van der Waals surface area contributed by atoms with Crippen LogP contribution >= 0.6 is 11.6 Å². The Kier molecular flexibility index (Phi) is 13.6. The number of carbonyl (C=O) groups is 1. The van der Waals surface area contributed by atoms with E-state index < -0.39 is 0 Å². The van der Waals surface area contributed by atoms with E-state index in [2.05, 4.69) is 23.7 Å². The van der Waals surface area contributed by atoms with Crippen LogP contribution in [0.3, 0.4) is 0 Å². The fourth-order valence-electron chi connectivity index (χ4n) is 3.96. The second-order valence-electron chi connectivity index (χ2n) is 8.73. The molecule has 0 radical (unpaired) electrons. The number of amides is 1. The average molecular weight is 474 g/mol. The van der Waals surface area contributed by atoms with Gasteiger partial charge >= 0.3 is 0 Å². The van der Waals surface area contributed by atoms with Crippen molar-refractivity contribution in [2.45, 2.75) is 97.6 Å². The van der Waals surface area contributed by atoms with Crippen molar-refractivity contribution in [3.63, 3.8) is 0 Å². The van der Waals surface area contributed by atoms with Crippen molar-refractivity contribution in [3.8, 4) is 5.75 Å². The van der Waals surface area contributed by atoms with E-state index in [1.807, 2.05) is 42.6 Å². The van der Waals surface area contributed by atoms with E-state index in [1.165, 1.54) is 57.8 Å². The normalized spacial score (nSPS) is 10.9. The highest BCUT2D eigenvalue weighted by Gasteiger charge is 2.11. The molecule has 1 amide bonds. The van der Waals surface area contributed by atoms with Crippen LogP contribution < -0.4 is 14.6 Å². The van der Waals surface area contributed by atoms with Gasteiger partial charge in [0.1, 0.15) is 18.8 Å². The Labute approximate surface area is 205 Å². The number of aromatic nitrogens is 1. The predicted molar refractivity (Wildman–Crippen MR) is 137 cm³/mol. The lowest BCUT2D eigenvalue weighted by Crippen LogP contribution is -2.40. The van der Waals surface area contributed by atoms with Gasteiger partial charge in [-0.3, -0.25) is 4.79 Å². The Balaban J connectivity index is 1.62. The van der Waals surface area contributed by atoms with Crippen molar-refractivity contribution in [1.29, 1.82) is 0 Å². The van der Waals surface area contributed by atoms with Gasteiger partial charge in [-0.2, -0.15) is 0 Å². The Morgan fingerprint density at radius 2 is 1.64 bits per heavy atom. The molecule has 33 heavy (non-hydrogen) atoms. The van der Waals surface area contributed by atoms with Crippen LogP contribution in [0.2, 0.25) is 5.02 Å². The third kappa shape index (κ3) is 11.1. The minimum atomic E-state index is -0.0170. The van der Waals surface area contributed by atoms with E-state index in [0.29, 0.717) is 30.3 Å². The molecule has 1 aromatic heterocycles. The van der Waals surface area contributed by atoms with Gasteiger partial charge in [-0.25, -0.2) is 4.57 Å². The topological polar surface area (TPSA) is 42.2 Å². The van der Waals surface area contributed by atoms with E-state index in [-0.39, 0.29) is 5.91 Å². The maximum Gasteiger partial charge on any atom is 0.224 e. The zero-order chi connectivity index (χ0) is 23.7. The summed E-state index contributed by atoms with van der Waals surface area (Å²) in [6, 6.07) is 11.7. The van der Waals surface area contributed by atoms with Gasteiger partial charge in [-0.15, -0.1) is 0 Å². The van der Waals surface area contributed by atoms with Crippen LogP contribution in [0, 0.1) is 0 Å². The number of hydrogen-bond donors (Lipinski definition) is 1. The molecule has 1 heterocycles. The summed E-state index contributed by atoms with van der Waals surface area (Å²) in [6.45, 7) is 6.43. The minimum Gasteiger partial charge on any atom is -0.492 e. The van der Waals surface area contributed by atoms with Gasteiger partial charge in [0, 0.05) is 12.1 Å². The highest BCUT2D eigenvalue weighted by Crippen LogP contribution is 2.26. The molecule has 5 heteroatoms. The second kappa shape index (κ2) is 16.5. The minimum absolute atomic E-state index is 0.0170. The van der Waals surface area contributed by atoms with Crippen LogP contribution in [0.15, 0.2) is 42.6 Å². The molecule has 182 valence electrons. The molecule has 0 fully saturated rings. The SMILES string of the molecule is CCCCCCCCCCCCOc1ccc(CC(=O)NCc2cccc[n+]2CC)cc1Cl. The van der Waals surface area contributed by atoms with Crippen molar-refractivity contribution in [1.82, 2.24) is 5.32 Å². The van der Waals surface area contributed by atoms with E-state index >= 15 is 0 Å². The molecule has 0 spiro atoms. The summed E-state index contributed by atoms with van der Waals surface area (Å²) < 4.78 is 7.99. The third-order valence-electron chi connectivity index (χ3n) is 5.96.